The molecule has 0 aliphatic carbocycles. The van der Waals surface area contributed by atoms with Gasteiger partial charge in [0.15, 0.2) is 0 Å². The smallest absolute Gasteiger partial charge is 0.259 e. The number of amides is 1. The third-order valence-electron chi connectivity index (χ3n) is 3.23. The lowest BCUT2D eigenvalue weighted by Gasteiger charge is -2.19. The minimum absolute atomic E-state index is 0.0331. The lowest BCUT2D eigenvalue weighted by molar-refractivity contribution is -0.132. The molecule has 2 atom stereocenters. The Morgan fingerprint density at radius 1 is 1.53 bits per heavy atom. The fraction of sp³-hybridized carbons (Fsp3) is 0.462. The van der Waals surface area contributed by atoms with Gasteiger partial charge in [-0.25, -0.2) is 8.78 Å². The molecule has 19 heavy (non-hydrogen) atoms. The van der Waals surface area contributed by atoms with Crippen molar-refractivity contribution in [2.24, 2.45) is 0 Å². The predicted molar refractivity (Wildman–Crippen MR) is 65.7 cm³/mol. The summed E-state index contributed by atoms with van der Waals surface area (Å²) in [6.45, 7) is 0.194. The van der Waals surface area contributed by atoms with E-state index in [4.69, 9.17) is 0 Å². The zero-order valence-corrected chi connectivity index (χ0v) is 10.3. The van der Waals surface area contributed by atoms with E-state index in [1.807, 2.05) is 0 Å². The van der Waals surface area contributed by atoms with E-state index >= 15 is 0 Å². The number of aliphatic hydroxyl groups is 1. The first-order valence-electron chi connectivity index (χ1n) is 6.13. The second kappa shape index (κ2) is 5.63. The standard InChI is InChI=1S/C13H16F2N2O2/c14-10-4-2-1-3-9(10)11(18)7-17-12(19)13(15)5-6-16-8-13/h1-4,11,16,18H,5-8H2,(H,17,19)/t11-,13+/m0/s1. The second-order valence-electron chi connectivity index (χ2n) is 4.64. The zero-order chi connectivity index (χ0) is 13.9. The van der Waals surface area contributed by atoms with Crippen LogP contribution in [0.15, 0.2) is 24.3 Å². The predicted octanol–water partition coefficient (Wildman–Crippen LogP) is 0.677. The zero-order valence-electron chi connectivity index (χ0n) is 10.3. The highest BCUT2D eigenvalue weighted by molar-refractivity contribution is 5.85. The maximum atomic E-state index is 14.0. The van der Waals surface area contributed by atoms with Crippen LogP contribution in [-0.4, -0.2) is 36.3 Å². The number of hydrogen-bond donors (Lipinski definition) is 3. The van der Waals surface area contributed by atoms with Gasteiger partial charge in [0.2, 0.25) is 5.67 Å². The summed E-state index contributed by atoms with van der Waals surface area (Å²) in [5.41, 5.74) is -1.85. The average Bonchev–Trinajstić information content (AvgIpc) is 2.84. The molecular weight excluding hydrogens is 254 g/mol. The summed E-state index contributed by atoms with van der Waals surface area (Å²) in [6.07, 6.45) is -1.09. The molecule has 0 bridgehead atoms. The van der Waals surface area contributed by atoms with Gasteiger partial charge in [0.05, 0.1) is 6.10 Å². The van der Waals surface area contributed by atoms with Gasteiger partial charge in [0.1, 0.15) is 5.82 Å². The molecule has 1 heterocycles. The van der Waals surface area contributed by atoms with E-state index < -0.39 is 23.5 Å². The van der Waals surface area contributed by atoms with Gasteiger partial charge in [-0.2, -0.15) is 0 Å². The Morgan fingerprint density at radius 3 is 2.89 bits per heavy atom. The van der Waals surface area contributed by atoms with E-state index in [0.717, 1.165) is 0 Å². The molecule has 3 N–H and O–H groups in total. The minimum Gasteiger partial charge on any atom is -0.386 e. The molecule has 0 radical (unpaired) electrons. The molecule has 104 valence electrons. The molecule has 0 unspecified atom stereocenters. The molecule has 0 spiro atoms. The summed E-state index contributed by atoms with van der Waals surface area (Å²) in [7, 11) is 0. The van der Waals surface area contributed by atoms with Crippen molar-refractivity contribution in [3.05, 3.63) is 35.6 Å². The quantitative estimate of drug-likeness (QED) is 0.754. The number of hydrogen-bond acceptors (Lipinski definition) is 3. The van der Waals surface area contributed by atoms with E-state index in [0.29, 0.717) is 6.54 Å². The first-order chi connectivity index (χ1) is 9.03. The number of alkyl halides is 1. The Morgan fingerprint density at radius 2 is 2.26 bits per heavy atom. The first-order valence-corrected chi connectivity index (χ1v) is 6.13. The number of nitrogens with one attached hydrogen (secondary N) is 2. The molecular formula is C13H16F2N2O2. The van der Waals surface area contributed by atoms with Crippen molar-refractivity contribution in [1.29, 1.82) is 0 Å². The van der Waals surface area contributed by atoms with Gasteiger partial charge >= 0.3 is 0 Å². The van der Waals surface area contributed by atoms with Crippen LogP contribution in [0, 0.1) is 5.82 Å². The summed E-state index contributed by atoms with van der Waals surface area (Å²) in [6, 6.07) is 5.73. The van der Waals surface area contributed by atoms with E-state index in [1.165, 1.54) is 18.2 Å². The number of carbonyl (C=O) groups is 1. The van der Waals surface area contributed by atoms with Crippen LogP contribution in [0.5, 0.6) is 0 Å². The van der Waals surface area contributed by atoms with Crippen LogP contribution in [0.1, 0.15) is 18.1 Å². The molecule has 1 aromatic carbocycles. The van der Waals surface area contributed by atoms with Gasteiger partial charge in [-0.15, -0.1) is 0 Å². The number of benzene rings is 1. The normalized spacial score (nSPS) is 24.2. The first kappa shape index (κ1) is 13.9. The Kier molecular flexibility index (Phi) is 4.11. The SMILES string of the molecule is O=C(NC[C@H](O)c1ccccc1F)[C@@]1(F)CCNC1. The third kappa shape index (κ3) is 3.08. The molecule has 1 aliphatic rings. The van der Waals surface area contributed by atoms with Gasteiger partial charge in [-0.05, 0) is 12.6 Å². The maximum absolute atomic E-state index is 14.0. The number of carbonyl (C=O) groups excluding carboxylic acids is 1. The number of aliphatic hydroxyl groups excluding tert-OH is 1. The highest BCUT2D eigenvalue weighted by Crippen LogP contribution is 2.21. The Bertz CT molecular complexity index is 462. The lowest BCUT2D eigenvalue weighted by atomic mass is 10.0. The maximum Gasteiger partial charge on any atom is 0.259 e. The molecule has 1 fully saturated rings. The van der Waals surface area contributed by atoms with Crippen LogP contribution in [0.4, 0.5) is 8.78 Å². The highest BCUT2D eigenvalue weighted by atomic mass is 19.1. The van der Waals surface area contributed by atoms with Crippen LogP contribution in [0.2, 0.25) is 0 Å². The largest absolute Gasteiger partial charge is 0.386 e. The molecule has 1 aliphatic heterocycles. The highest BCUT2D eigenvalue weighted by Gasteiger charge is 2.41. The van der Waals surface area contributed by atoms with Crippen LogP contribution >= 0.6 is 0 Å². The van der Waals surface area contributed by atoms with Gasteiger partial charge in [0, 0.05) is 25.1 Å². The topological polar surface area (TPSA) is 61.4 Å². The van der Waals surface area contributed by atoms with Crippen LogP contribution < -0.4 is 10.6 Å². The molecule has 4 nitrogen and oxygen atoms in total. The Balaban J connectivity index is 1.92. The summed E-state index contributed by atoms with van der Waals surface area (Å²) < 4.78 is 27.4. The summed E-state index contributed by atoms with van der Waals surface area (Å²) in [5, 5.41) is 14.9. The second-order valence-corrected chi connectivity index (χ2v) is 4.64. The summed E-state index contributed by atoms with van der Waals surface area (Å²) in [4.78, 5) is 11.7. The lowest BCUT2D eigenvalue weighted by Crippen LogP contribution is -2.46. The molecule has 2 rings (SSSR count). The van der Waals surface area contributed by atoms with Crippen molar-refractivity contribution in [3.8, 4) is 0 Å². The van der Waals surface area contributed by atoms with Crippen molar-refractivity contribution in [3.63, 3.8) is 0 Å². The van der Waals surface area contributed by atoms with Crippen molar-refractivity contribution in [1.82, 2.24) is 10.6 Å². The fourth-order valence-electron chi connectivity index (χ4n) is 2.06. The minimum atomic E-state index is -1.94. The van der Waals surface area contributed by atoms with Crippen molar-refractivity contribution in [2.45, 2.75) is 18.2 Å². The fourth-order valence-corrected chi connectivity index (χ4v) is 2.06. The molecule has 6 heteroatoms. The van der Waals surface area contributed by atoms with E-state index in [-0.39, 0.29) is 25.1 Å². The molecule has 0 saturated carbocycles. The van der Waals surface area contributed by atoms with Crippen molar-refractivity contribution >= 4 is 5.91 Å². The Hall–Kier alpha value is -1.53. The van der Waals surface area contributed by atoms with Gasteiger partial charge in [-0.1, -0.05) is 18.2 Å². The van der Waals surface area contributed by atoms with Crippen LogP contribution in [0.25, 0.3) is 0 Å². The molecule has 1 saturated heterocycles. The third-order valence-corrected chi connectivity index (χ3v) is 3.23. The van der Waals surface area contributed by atoms with E-state index in [1.54, 1.807) is 6.07 Å². The average molecular weight is 270 g/mol. The van der Waals surface area contributed by atoms with Crippen molar-refractivity contribution in [2.75, 3.05) is 19.6 Å². The van der Waals surface area contributed by atoms with Gasteiger partial charge < -0.3 is 15.7 Å². The van der Waals surface area contributed by atoms with Crippen LogP contribution in [0.3, 0.4) is 0 Å². The summed E-state index contributed by atoms with van der Waals surface area (Å²) in [5.74, 6) is -1.32. The van der Waals surface area contributed by atoms with Gasteiger partial charge in [0.25, 0.3) is 5.91 Å². The van der Waals surface area contributed by atoms with Crippen molar-refractivity contribution < 1.29 is 18.7 Å². The van der Waals surface area contributed by atoms with Gasteiger partial charge in [-0.3, -0.25) is 4.79 Å². The monoisotopic (exact) mass is 270 g/mol. The summed E-state index contributed by atoms with van der Waals surface area (Å²) >= 11 is 0. The molecule has 0 aromatic heterocycles. The molecule has 1 amide bonds. The molecule has 1 aromatic rings. The van der Waals surface area contributed by atoms with E-state index in [2.05, 4.69) is 10.6 Å². The Labute approximate surface area is 109 Å². The van der Waals surface area contributed by atoms with Crippen LogP contribution in [-0.2, 0) is 4.79 Å². The van der Waals surface area contributed by atoms with E-state index in [9.17, 15) is 18.7 Å². The number of rotatable bonds is 4. The number of halogens is 2.